The number of fused-ring (bicyclic) bond motifs is 1. The van der Waals surface area contributed by atoms with Crippen molar-refractivity contribution in [3.63, 3.8) is 0 Å². The molecule has 13 heavy (non-hydrogen) atoms. The largest absolute Gasteiger partial charge is 0.361 e. The van der Waals surface area contributed by atoms with Gasteiger partial charge in [-0.05, 0) is 30.9 Å². The van der Waals surface area contributed by atoms with Crippen molar-refractivity contribution in [2.75, 3.05) is 6.26 Å². The molecule has 0 fully saturated rings. The van der Waals surface area contributed by atoms with Crippen LogP contribution in [0.25, 0.3) is 10.9 Å². The van der Waals surface area contributed by atoms with Crippen molar-refractivity contribution >= 4 is 22.7 Å². The lowest BCUT2D eigenvalue weighted by Crippen LogP contribution is -1.77. The number of aryl methyl sites for hydroxylation is 1. The second kappa shape index (κ2) is 3.46. The third-order valence-corrected chi connectivity index (χ3v) is 2.82. The van der Waals surface area contributed by atoms with Gasteiger partial charge in [0.2, 0.25) is 0 Å². The normalized spacial score (nSPS) is 10.9. The van der Waals surface area contributed by atoms with Crippen LogP contribution in [-0.2, 0) is 5.75 Å². The first-order valence-corrected chi connectivity index (χ1v) is 5.76. The molecule has 0 saturated heterocycles. The molecule has 0 aliphatic heterocycles. The first-order valence-electron chi connectivity index (χ1n) is 4.37. The van der Waals surface area contributed by atoms with E-state index >= 15 is 0 Å². The van der Waals surface area contributed by atoms with Gasteiger partial charge >= 0.3 is 0 Å². The number of nitrogens with one attached hydrogen (secondary N) is 1. The third-order valence-electron chi connectivity index (χ3n) is 2.22. The van der Waals surface area contributed by atoms with Gasteiger partial charge in [0.1, 0.15) is 0 Å². The monoisotopic (exact) mass is 191 g/mol. The number of H-pyrrole nitrogens is 1. The van der Waals surface area contributed by atoms with Gasteiger partial charge in [-0.15, -0.1) is 0 Å². The Morgan fingerprint density at radius 3 is 3.00 bits per heavy atom. The molecule has 0 unspecified atom stereocenters. The smallest absolute Gasteiger partial charge is 0.0457 e. The minimum atomic E-state index is 1.09. The lowest BCUT2D eigenvalue weighted by molar-refractivity contribution is 1.40. The SMILES string of the molecule is CSCc1c[nH]c2ccc(C)cc12. The van der Waals surface area contributed by atoms with Crippen molar-refractivity contribution in [1.29, 1.82) is 0 Å². The van der Waals surface area contributed by atoms with E-state index in [1.54, 1.807) is 0 Å². The summed E-state index contributed by atoms with van der Waals surface area (Å²) < 4.78 is 0. The summed E-state index contributed by atoms with van der Waals surface area (Å²) in [5.41, 5.74) is 3.98. The average Bonchev–Trinajstić information content (AvgIpc) is 2.49. The van der Waals surface area contributed by atoms with E-state index in [9.17, 15) is 0 Å². The van der Waals surface area contributed by atoms with Gasteiger partial charge in [0.15, 0.2) is 0 Å². The fourth-order valence-corrected chi connectivity index (χ4v) is 2.12. The number of thioether (sulfide) groups is 1. The Balaban J connectivity index is 2.58. The first-order chi connectivity index (χ1) is 6.31. The van der Waals surface area contributed by atoms with Crippen molar-refractivity contribution in [3.8, 4) is 0 Å². The molecule has 2 rings (SSSR count). The topological polar surface area (TPSA) is 15.8 Å². The predicted octanol–water partition coefficient (Wildman–Crippen LogP) is 3.34. The molecule has 1 heterocycles. The summed E-state index contributed by atoms with van der Waals surface area (Å²) in [6, 6.07) is 6.54. The quantitative estimate of drug-likeness (QED) is 0.769. The van der Waals surface area contributed by atoms with Gasteiger partial charge in [-0.25, -0.2) is 0 Å². The van der Waals surface area contributed by atoms with Gasteiger partial charge < -0.3 is 4.98 Å². The van der Waals surface area contributed by atoms with Gasteiger partial charge in [-0.3, -0.25) is 0 Å². The van der Waals surface area contributed by atoms with Crippen LogP contribution in [0.15, 0.2) is 24.4 Å². The highest BCUT2D eigenvalue weighted by atomic mass is 32.2. The van der Waals surface area contributed by atoms with Gasteiger partial charge in [0.25, 0.3) is 0 Å². The predicted molar refractivity (Wildman–Crippen MR) is 60.3 cm³/mol. The van der Waals surface area contributed by atoms with E-state index in [1.165, 1.54) is 22.0 Å². The summed E-state index contributed by atoms with van der Waals surface area (Å²) in [6.07, 6.45) is 4.25. The van der Waals surface area contributed by atoms with Gasteiger partial charge in [0, 0.05) is 22.9 Å². The van der Waals surface area contributed by atoms with Gasteiger partial charge in [-0.1, -0.05) is 11.6 Å². The number of aromatic nitrogens is 1. The first kappa shape index (κ1) is 8.70. The highest BCUT2D eigenvalue weighted by molar-refractivity contribution is 7.97. The van der Waals surface area contributed by atoms with Crippen molar-refractivity contribution in [2.45, 2.75) is 12.7 Å². The summed E-state index contributed by atoms with van der Waals surface area (Å²) in [4.78, 5) is 3.29. The van der Waals surface area contributed by atoms with Crippen LogP contribution in [0, 0.1) is 6.92 Å². The highest BCUT2D eigenvalue weighted by Crippen LogP contribution is 2.22. The van der Waals surface area contributed by atoms with Crippen molar-refractivity contribution in [2.24, 2.45) is 0 Å². The van der Waals surface area contributed by atoms with E-state index in [-0.39, 0.29) is 0 Å². The molecule has 0 radical (unpaired) electrons. The lowest BCUT2D eigenvalue weighted by Gasteiger charge is -1.96. The number of hydrogen-bond donors (Lipinski definition) is 1. The lowest BCUT2D eigenvalue weighted by atomic mass is 10.1. The Labute approximate surface area is 82.5 Å². The molecular formula is C11H13NS. The van der Waals surface area contributed by atoms with Gasteiger partial charge in [-0.2, -0.15) is 11.8 Å². The Morgan fingerprint density at radius 1 is 1.38 bits per heavy atom. The van der Waals surface area contributed by atoms with Crippen LogP contribution < -0.4 is 0 Å². The molecule has 1 aromatic heterocycles. The highest BCUT2D eigenvalue weighted by Gasteiger charge is 2.01. The minimum absolute atomic E-state index is 1.09. The van der Waals surface area contributed by atoms with E-state index in [2.05, 4.69) is 42.6 Å². The molecular weight excluding hydrogens is 178 g/mol. The average molecular weight is 191 g/mol. The maximum absolute atomic E-state index is 3.29. The molecule has 2 aromatic rings. The molecule has 1 aromatic carbocycles. The van der Waals surface area contributed by atoms with Crippen LogP contribution in [0.1, 0.15) is 11.1 Å². The second-order valence-corrected chi connectivity index (χ2v) is 4.16. The Morgan fingerprint density at radius 2 is 2.23 bits per heavy atom. The Bertz CT molecular complexity index is 417. The van der Waals surface area contributed by atoms with Crippen LogP contribution in [0.4, 0.5) is 0 Å². The van der Waals surface area contributed by atoms with Crippen molar-refractivity contribution in [3.05, 3.63) is 35.5 Å². The molecule has 0 amide bonds. The maximum atomic E-state index is 3.29. The molecule has 68 valence electrons. The fraction of sp³-hybridized carbons (Fsp3) is 0.273. The number of rotatable bonds is 2. The van der Waals surface area contributed by atoms with E-state index in [0.717, 1.165) is 5.75 Å². The van der Waals surface area contributed by atoms with E-state index in [0.29, 0.717) is 0 Å². The molecule has 0 spiro atoms. The number of aromatic amines is 1. The molecule has 2 heteroatoms. The fourth-order valence-electron chi connectivity index (χ4n) is 1.57. The van der Waals surface area contributed by atoms with E-state index < -0.39 is 0 Å². The maximum Gasteiger partial charge on any atom is 0.0457 e. The van der Waals surface area contributed by atoms with Crippen LogP contribution in [0.5, 0.6) is 0 Å². The van der Waals surface area contributed by atoms with Crippen LogP contribution in [0.3, 0.4) is 0 Å². The zero-order valence-electron chi connectivity index (χ0n) is 7.92. The molecule has 1 N–H and O–H groups in total. The number of hydrogen-bond acceptors (Lipinski definition) is 1. The summed E-state index contributed by atoms with van der Waals surface area (Å²) in [6.45, 7) is 2.13. The van der Waals surface area contributed by atoms with E-state index in [1.807, 2.05) is 11.8 Å². The van der Waals surface area contributed by atoms with Crippen molar-refractivity contribution < 1.29 is 0 Å². The zero-order chi connectivity index (χ0) is 9.26. The number of benzene rings is 1. The second-order valence-electron chi connectivity index (χ2n) is 3.30. The zero-order valence-corrected chi connectivity index (χ0v) is 8.74. The summed E-state index contributed by atoms with van der Waals surface area (Å²) in [5, 5.41) is 1.37. The Kier molecular flexibility index (Phi) is 2.32. The van der Waals surface area contributed by atoms with Gasteiger partial charge in [0.05, 0.1) is 0 Å². The molecule has 0 saturated carbocycles. The molecule has 0 atom stereocenters. The van der Waals surface area contributed by atoms with Crippen molar-refractivity contribution in [1.82, 2.24) is 4.98 Å². The molecule has 0 aliphatic rings. The summed E-state index contributed by atoms with van der Waals surface area (Å²) >= 11 is 1.86. The minimum Gasteiger partial charge on any atom is -0.361 e. The standard InChI is InChI=1S/C11H13NS/c1-8-3-4-11-10(5-8)9(6-12-11)7-13-2/h3-6,12H,7H2,1-2H3. The Hall–Kier alpha value is -0.890. The van der Waals surface area contributed by atoms with Crippen LogP contribution in [-0.4, -0.2) is 11.2 Å². The summed E-state index contributed by atoms with van der Waals surface area (Å²) in [5.74, 6) is 1.09. The summed E-state index contributed by atoms with van der Waals surface area (Å²) in [7, 11) is 0. The third kappa shape index (κ3) is 1.59. The molecule has 1 nitrogen and oxygen atoms in total. The molecule has 0 aliphatic carbocycles. The van der Waals surface area contributed by atoms with Crippen LogP contribution >= 0.6 is 11.8 Å². The molecule has 0 bridgehead atoms. The van der Waals surface area contributed by atoms with Crippen LogP contribution in [0.2, 0.25) is 0 Å². The van der Waals surface area contributed by atoms with E-state index in [4.69, 9.17) is 0 Å².